The fourth-order valence-corrected chi connectivity index (χ4v) is 3.35. The van der Waals surface area contributed by atoms with Crippen molar-refractivity contribution < 1.29 is 9.53 Å². The van der Waals surface area contributed by atoms with Crippen LogP contribution in [0, 0.1) is 0 Å². The van der Waals surface area contributed by atoms with Crippen LogP contribution in [-0.2, 0) is 0 Å². The summed E-state index contributed by atoms with van der Waals surface area (Å²) >= 11 is 5.97. The van der Waals surface area contributed by atoms with E-state index in [9.17, 15) is 4.79 Å². The molecule has 1 aromatic heterocycles. The Morgan fingerprint density at radius 2 is 1.70 bits per heavy atom. The van der Waals surface area contributed by atoms with Crippen LogP contribution in [0.1, 0.15) is 6.92 Å². The lowest BCUT2D eigenvalue weighted by Crippen LogP contribution is -2.19. The number of benzene rings is 3. The maximum absolute atomic E-state index is 12.4. The lowest BCUT2D eigenvalue weighted by atomic mass is 10.1. The second kappa shape index (κ2) is 8.84. The van der Waals surface area contributed by atoms with E-state index < -0.39 is 0 Å². The third-order valence-corrected chi connectivity index (χ3v) is 4.72. The van der Waals surface area contributed by atoms with Gasteiger partial charge in [-0.2, -0.15) is 0 Å². The molecule has 0 bridgehead atoms. The number of halogens is 1. The third kappa shape index (κ3) is 4.53. The number of hydrogen-bond donors (Lipinski definition) is 2. The first-order valence-electron chi connectivity index (χ1n) is 9.59. The minimum absolute atomic E-state index is 0.358. The van der Waals surface area contributed by atoms with Crippen molar-refractivity contribution in [2.75, 3.05) is 17.2 Å². The van der Waals surface area contributed by atoms with Crippen molar-refractivity contribution in [2.24, 2.45) is 0 Å². The Balaban J connectivity index is 1.62. The third-order valence-electron chi connectivity index (χ3n) is 4.48. The molecule has 150 valence electrons. The number of anilines is 2. The lowest BCUT2D eigenvalue weighted by Gasteiger charge is -2.13. The van der Waals surface area contributed by atoms with Gasteiger partial charge in [0.25, 0.3) is 0 Å². The number of amides is 2. The van der Waals surface area contributed by atoms with Crippen LogP contribution in [0.2, 0.25) is 5.02 Å². The van der Waals surface area contributed by atoms with E-state index in [1.165, 1.54) is 0 Å². The lowest BCUT2D eigenvalue weighted by molar-refractivity contribution is 0.262. The van der Waals surface area contributed by atoms with Crippen molar-refractivity contribution in [1.29, 1.82) is 0 Å². The number of ether oxygens (including phenoxy) is 1. The second-order valence-electron chi connectivity index (χ2n) is 6.63. The van der Waals surface area contributed by atoms with E-state index >= 15 is 0 Å². The number of pyridine rings is 1. The van der Waals surface area contributed by atoms with E-state index in [-0.39, 0.29) is 6.03 Å². The summed E-state index contributed by atoms with van der Waals surface area (Å²) in [5.74, 6) is 0.722. The predicted molar refractivity (Wildman–Crippen MR) is 122 cm³/mol. The Morgan fingerprint density at radius 3 is 2.43 bits per heavy atom. The molecule has 0 spiro atoms. The minimum atomic E-state index is -0.358. The highest BCUT2D eigenvalue weighted by Gasteiger charge is 2.11. The Kier molecular flexibility index (Phi) is 5.82. The zero-order valence-electron chi connectivity index (χ0n) is 16.4. The van der Waals surface area contributed by atoms with E-state index in [0.29, 0.717) is 23.0 Å². The average molecular weight is 418 g/mol. The number of aromatic nitrogens is 1. The fraction of sp³-hybridized carbons (Fsp3) is 0.0833. The molecule has 4 rings (SSSR count). The molecule has 5 nitrogen and oxygen atoms in total. The first-order chi connectivity index (χ1) is 14.6. The van der Waals surface area contributed by atoms with Crippen LogP contribution in [0.5, 0.6) is 5.75 Å². The van der Waals surface area contributed by atoms with Crippen molar-refractivity contribution in [3.8, 4) is 17.0 Å². The highest BCUT2D eigenvalue weighted by molar-refractivity contribution is 6.30. The molecule has 6 heteroatoms. The van der Waals surface area contributed by atoms with Gasteiger partial charge in [-0.05, 0) is 43.3 Å². The summed E-state index contributed by atoms with van der Waals surface area (Å²) in [4.78, 5) is 17.1. The molecule has 30 heavy (non-hydrogen) atoms. The van der Waals surface area contributed by atoms with E-state index in [2.05, 4.69) is 10.6 Å². The number of nitrogens with zero attached hydrogens (tertiary/aromatic N) is 1. The molecule has 3 aromatic carbocycles. The van der Waals surface area contributed by atoms with Crippen LogP contribution in [-0.4, -0.2) is 17.6 Å². The summed E-state index contributed by atoms with van der Waals surface area (Å²) in [6, 6.07) is 24.1. The number of fused-ring (bicyclic) bond motifs is 1. The minimum Gasteiger partial charge on any atom is -0.493 e. The molecular weight excluding hydrogens is 398 g/mol. The molecule has 0 aliphatic heterocycles. The number of carbonyl (C=O) groups excluding carboxylic acids is 1. The van der Waals surface area contributed by atoms with Crippen molar-refractivity contribution in [1.82, 2.24) is 4.98 Å². The van der Waals surface area contributed by atoms with Gasteiger partial charge >= 0.3 is 6.03 Å². The molecule has 0 aliphatic carbocycles. The van der Waals surface area contributed by atoms with Crippen LogP contribution >= 0.6 is 11.6 Å². The number of carbonyl (C=O) groups is 1. The predicted octanol–water partition coefficient (Wildman–Crippen LogP) is 6.60. The van der Waals surface area contributed by atoms with Crippen LogP contribution in [0.3, 0.4) is 0 Å². The molecular formula is C24H20ClN3O2. The monoisotopic (exact) mass is 417 g/mol. The van der Waals surface area contributed by atoms with Gasteiger partial charge < -0.3 is 15.4 Å². The van der Waals surface area contributed by atoms with Crippen LogP contribution in [0.15, 0.2) is 78.9 Å². The zero-order valence-corrected chi connectivity index (χ0v) is 17.1. The summed E-state index contributed by atoms with van der Waals surface area (Å²) in [5, 5.41) is 7.00. The molecule has 2 amide bonds. The summed E-state index contributed by atoms with van der Waals surface area (Å²) in [7, 11) is 0. The molecule has 0 fully saturated rings. The molecule has 2 N–H and O–H groups in total. The van der Waals surface area contributed by atoms with Crippen molar-refractivity contribution in [3.05, 3.63) is 83.9 Å². The van der Waals surface area contributed by atoms with Gasteiger partial charge in [0.1, 0.15) is 5.75 Å². The largest absolute Gasteiger partial charge is 0.493 e. The first-order valence-corrected chi connectivity index (χ1v) is 9.97. The van der Waals surface area contributed by atoms with E-state index in [1.807, 2.05) is 61.5 Å². The SMILES string of the molecule is CCOc1cc(-c2ccccc2)nc2ccc(NC(=O)Nc3cccc(Cl)c3)cc12. The molecule has 0 saturated carbocycles. The van der Waals surface area contributed by atoms with Gasteiger partial charge in [0.15, 0.2) is 0 Å². The second-order valence-corrected chi connectivity index (χ2v) is 7.06. The molecule has 1 heterocycles. The number of rotatable bonds is 5. The summed E-state index contributed by atoms with van der Waals surface area (Å²) in [6.07, 6.45) is 0. The van der Waals surface area contributed by atoms with Gasteiger partial charge in [0.05, 0.1) is 17.8 Å². The molecule has 0 unspecified atom stereocenters. The molecule has 0 saturated heterocycles. The fourth-order valence-electron chi connectivity index (χ4n) is 3.16. The Hall–Kier alpha value is -3.57. The van der Waals surface area contributed by atoms with Crippen molar-refractivity contribution >= 4 is 39.9 Å². The first kappa shape index (κ1) is 19.7. The quantitative estimate of drug-likeness (QED) is 0.384. The molecule has 0 radical (unpaired) electrons. The van der Waals surface area contributed by atoms with Crippen LogP contribution < -0.4 is 15.4 Å². The maximum Gasteiger partial charge on any atom is 0.323 e. The van der Waals surface area contributed by atoms with Gasteiger partial charge in [-0.15, -0.1) is 0 Å². The van der Waals surface area contributed by atoms with Gasteiger partial charge in [0.2, 0.25) is 0 Å². The maximum atomic E-state index is 12.4. The Morgan fingerprint density at radius 1 is 0.933 bits per heavy atom. The summed E-state index contributed by atoms with van der Waals surface area (Å²) < 4.78 is 5.87. The standard InChI is InChI=1S/C24H20ClN3O2/c1-2-30-23-15-22(16-7-4-3-5-8-16)28-21-12-11-19(14-20(21)23)27-24(29)26-18-10-6-9-17(25)13-18/h3-15H,2H2,1H3,(H2,26,27,29). The number of nitrogens with one attached hydrogen (secondary N) is 2. The zero-order chi connectivity index (χ0) is 20.9. The average Bonchev–Trinajstić information content (AvgIpc) is 2.74. The summed E-state index contributed by atoms with van der Waals surface area (Å²) in [6.45, 7) is 2.47. The Bertz CT molecular complexity index is 1200. The molecule has 4 aromatic rings. The van der Waals surface area contributed by atoms with Crippen molar-refractivity contribution in [2.45, 2.75) is 6.92 Å². The Labute approximate surface area is 179 Å². The van der Waals surface area contributed by atoms with Crippen molar-refractivity contribution in [3.63, 3.8) is 0 Å². The number of urea groups is 1. The van der Waals surface area contributed by atoms with Gasteiger partial charge in [-0.25, -0.2) is 9.78 Å². The molecule has 0 aliphatic rings. The van der Waals surface area contributed by atoms with Gasteiger partial charge in [0, 0.05) is 33.4 Å². The van der Waals surface area contributed by atoms with E-state index in [4.69, 9.17) is 21.3 Å². The smallest absolute Gasteiger partial charge is 0.323 e. The van der Waals surface area contributed by atoms with Gasteiger partial charge in [-0.1, -0.05) is 48.0 Å². The summed E-state index contributed by atoms with van der Waals surface area (Å²) in [5.41, 5.74) is 3.90. The highest BCUT2D eigenvalue weighted by atomic mass is 35.5. The van der Waals surface area contributed by atoms with Crippen LogP contribution in [0.4, 0.5) is 16.2 Å². The highest BCUT2D eigenvalue weighted by Crippen LogP contribution is 2.32. The topological polar surface area (TPSA) is 63.2 Å². The van der Waals surface area contributed by atoms with E-state index in [1.54, 1.807) is 24.3 Å². The van der Waals surface area contributed by atoms with E-state index in [0.717, 1.165) is 27.9 Å². The normalized spacial score (nSPS) is 10.6. The van der Waals surface area contributed by atoms with Gasteiger partial charge in [-0.3, -0.25) is 0 Å². The number of hydrogen-bond acceptors (Lipinski definition) is 3. The molecule has 0 atom stereocenters. The van der Waals surface area contributed by atoms with Crippen LogP contribution in [0.25, 0.3) is 22.2 Å².